The summed E-state index contributed by atoms with van der Waals surface area (Å²) in [5.41, 5.74) is 0. The van der Waals surface area contributed by atoms with Crippen LogP contribution in [0.2, 0.25) is 0 Å². The first-order valence-corrected chi connectivity index (χ1v) is 8.94. The Labute approximate surface area is 134 Å². The summed E-state index contributed by atoms with van der Waals surface area (Å²) < 4.78 is 5.35. The van der Waals surface area contributed by atoms with Crippen LogP contribution in [0.4, 0.5) is 0 Å². The highest BCUT2D eigenvalue weighted by atomic mass is 32.1. The third-order valence-electron chi connectivity index (χ3n) is 4.70. The molecule has 0 aromatic carbocycles. The molecule has 2 fully saturated rings. The van der Waals surface area contributed by atoms with E-state index in [0.29, 0.717) is 11.8 Å². The van der Waals surface area contributed by atoms with Crippen LogP contribution in [0.3, 0.4) is 0 Å². The van der Waals surface area contributed by atoms with Gasteiger partial charge < -0.3 is 9.63 Å². The van der Waals surface area contributed by atoms with E-state index in [1.165, 1.54) is 12.8 Å². The summed E-state index contributed by atoms with van der Waals surface area (Å²) in [4.78, 5) is 7.93. The Morgan fingerprint density at radius 3 is 2.82 bits per heavy atom. The van der Waals surface area contributed by atoms with Gasteiger partial charge >= 0.3 is 0 Å². The first kappa shape index (κ1) is 14.4. The Bertz CT molecular complexity index is 601. The van der Waals surface area contributed by atoms with Gasteiger partial charge in [-0.15, -0.1) is 11.3 Å². The molecule has 0 radical (unpaired) electrons. The molecular weight excluding hydrogens is 298 g/mol. The maximum Gasteiger partial charge on any atom is 0.240 e. The average molecular weight is 319 g/mol. The normalized spacial score (nSPS) is 22.0. The summed E-state index contributed by atoms with van der Waals surface area (Å²) in [7, 11) is 0. The zero-order valence-corrected chi connectivity index (χ0v) is 13.3. The molecule has 22 heavy (non-hydrogen) atoms. The average Bonchev–Trinajstić information content (AvgIpc) is 3.06. The second kappa shape index (κ2) is 6.10. The van der Waals surface area contributed by atoms with Crippen LogP contribution in [0.25, 0.3) is 0 Å². The van der Waals surface area contributed by atoms with Crippen LogP contribution in [0.1, 0.15) is 54.3 Å². The molecule has 1 aliphatic heterocycles. The zero-order chi connectivity index (χ0) is 14.9. The van der Waals surface area contributed by atoms with Crippen LogP contribution in [0.15, 0.2) is 22.0 Å². The molecule has 1 saturated carbocycles. The highest BCUT2D eigenvalue weighted by molar-refractivity contribution is 7.10. The van der Waals surface area contributed by atoms with Gasteiger partial charge in [-0.25, -0.2) is 0 Å². The molecule has 1 N–H and O–H groups in total. The Balaban J connectivity index is 1.29. The number of hydrogen-bond donors (Lipinski definition) is 1. The molecule has 1 unspecified atom stereocenters. The van der Waals surface area contributed by atoms with Crippen molar-refractivity contribution in [3.63, 3.8) is 0 Å². The molecule has 3 heterocycles. The van der Waals surface area contributed by atoms with Gasteiger partial charge in [0.1, 0.15) is 0 Å². The molecule has 4 rings (SSSR count). The van der Waals surface area contributed by atoms with Crippen LogP contribution in [0.5, 0.6) is 0 Å². The quantitative estimate of drug-likeness (QED) is 0.918. The molecular formula is C16H21N3O2S. The monoisotopic (exact) mass is 319 g/mol. The summed E-state index contributed by atoms with van der Waals surface area (Å²) in [6.45, 7) is 2.70. The lowest BCUT2D eigenvalue weighted by atomic mass is 9.90. The number of hydrogen-bond acceptors (Lipinski definition) is 6. The molecule has 1 atom stereocenters. The van der Waals surface area contributed by atoms with E-state index in [1.807, 2.05) is 17.5 Å². The van der Waals surface area contributed by atoms with Gasteiger partial charge in [0.05, 0.1) is 12.6 Å². The minimum absolute atomic E-state index is 0.313. The highest BCUT2D eigenvalue weighted by Crippen LogP contribution is 2.38. The van der Waals surface area contributed by atoms with Gasteiger partial charge in [-0.3, -0.25) is 4.90 Å². The zero-order valence-electron chi connectivity index (χ0n) is 12.5. The van der Waals surface area contributed by atoms with Crippen molar-refractivity contribution in [2.24, 2.45) is 5.92 Å². The van der Waals surface area contributed by atoms with E-state index in [4.69, 9.17) is 4.52 Å². The topological polar surface area (TPSA) is 62.4 Å². The van der Waals surface area contributed by atoms with Gasteiger partial charge in [0.25, 0.3) is 0 Å². The van der Waals surface area contributed by atoms with E-state index >= 15 is 0 Å². The lowest BCUT2D eigenvalue weighted by Crippen LogP contribution is -2.35. The van der Waals surface area contributed by atoms with E-state index < -0.39 is 0 Å². The van der Waals surface area contributed by atoms with Gasteiger partial charge in [0.2, 0.25) is 5.89 Å². The van der Waals surface area contributed by atoms with Gasteiger partial charge in [-0.2, -0.15) is 4.98 Å². The first-order valence-electron chi connectivity index (χ1n) is 8.06. The van der Waals surface area contributed by atoms with Crippen molar-refractivity contribution in [2.45, 2.75) is 44.2 Å². The minimum Gasteiger partial charge on any atom is -0.387 e. The number of aliphatic hydroxyl groups is 1. The SMILES string of the molecule is OC(c1cccs1)C1CCN(Cc2nc(C3CC3)no2)CC1. The molecule has 6 heteroatoms. The van der Waals surface area contributed by atoms with Crippen molar-refractivity contribution in [1.29, 1.82) is 0 Å². The number of thiophene rings is 1. The molecule has 1 saturated heterocycles. The van der Waals surface area contributed by atoms with Crippen molar-refractivity contribution >= 4 is 11.3 Å². The second-order valence-electron chi connectivity index (χ2n) is 6.39. The van der Waals surface area contributed by atoms with Gasteiger partial charge in [0.15, 0.2) is 5.82 Å². The van der Waals surface area contributed by atoms with Crippen LogP contribution in [0, 0.1) is 5.92 Å². The smallest absolute Gasteiger partial charge is 0.240 e. The third kappa shape index (κ3) is 3.09. The third-order valence-corrected chi connectivity index (χ3v) is 5.64. The number of nitrogens with zero attached hydrogens (tertiary/aromatic N) is 3. The van der Waals surface area contributed by atoms with E-state index in [-0.39, 0.29) is 6.10 Å². The van der Waals surface area contributed by atoms with Crippen molar-refractivity contribution in [2.75, 3.05) is 13.1 Å². The summed E-state index contributed by atoms with van der Waals surface area (Å²) in [5, 5.41) is 16.5. The van der Waals surface area contributed by atoms with Crippen molar-refractivity contribution in [3.05, 3.63) is 34.1 Å². The van der Waals surface area contributed by atoms with E-state index in [0.717, 1.165) is 49.1 Å². The standard InChI is InChI=1S/C16H21N3O2S/c20-15(13-2-1-9-22-13)11-5-7-19(8-6-11)10-14-17-16(18-21-14)12-3-4-12/h1-2,9,11-12,15,20H,3-8,10H2. The summed E-state index contributed by atoms with van der Waals surface area (Å²) in [6.07, 6.45) is 4.12. The van der Waals surface area contributed by atoms with Crippen molar-refractivity contribution in [1.82, 2.24) is 15.0 Å². The molecule has 0 spiro atoms. The predicted molar refractivity (Wildman–Crippen MR) is 83.6 cm³/mol. The molecule has 2 aromatic rings. The summed E-state index contributed by atoms with van der Waals surface area (Å²) >= 11 is 1.64. The highest BCUT2D eigenvalue weighted by Gasteiger charge is 2.30. The molecule has 118 valence electrons. The largest absolute Gasteiger partial charge is 0.387 e. The fourth-order valence-electron chi connectivity index (χ4n) is 3.15. The Morgan fingerprint density at radius 2 is 2.14 bits per heavy atom. The number of likely N-dealkylation sites (tertiary alicyclic amines) is 1. The fraction of sp³-hybridized carbons (Fsp3) is 0.625. The Hall–Kier alpha value is -1.24. The molecule has 0 amide bonds. The van der Waals surface area contributed by atoms with Crippen LogP contribution in [-0.2, 0) is 6.54 Å². The fourth-order valence-corrected chi connectivity index (χ4v) is 3.95. The van der Waals surface area contributed by atoms with Gasteiger partial charge in [-0.05, 0) is 56.1 Å². The molecule has 1 aliphatic carbocycles. The summed E-state index contributed by atoms with van der Waals surface area (Å²) in [6, 6.07) is 4.03. The lowest BCUT2D eigenvalue weighted by Gasteiger charge is -2.33. The molecule has 5 nitrogen and oxygen atoms in total. The van der Waals surface area contributed by atoms with E-state index in [2.05, 4.69) is 15.0 Å². The Morgan fingerprint density at radius 1 is 1.32 bits per heavy atom. The van der Waals surface area contributed by atoms with Gasteiger partial charge in [0, 0.05) is 10.8 Å². The van der Waals surface area contributed by atoms with Crippen LogP contribution in [-0.4, -0.2) is 33.2 Å². The maximum atomic E-state index is 10.4. The number of rotatable bonds is 5. The molecule has 2 aliphatic rings. The second-order valence-corrected chi connectivity index (χ2v) is 7.37. The molecule has 2 aromatic heterocycles. The predicted octanol–water partition coefficient (Wildman–Crippen LogP) is 2.95. The number of piperidine rings is 1. The molecule has 0 bridgehead atoms. The summed E-state index contributed by atoms with van der Waals surface area (Å²) in [5.74, 6) is 2.53. The number of aromatic nitrogens is 2. The minimum atomic E-state index is -0.313. The first-order chi connectivity index (χ1) is 10.8. The lowest BCUT2D eigenvalue weighted by molar-refractivity contribution is 0.0560. The van der Waals surface area contributed by atoms with Crippen LogP contribution >= 0.6 is 11.3 Å². The van der Waals surface area contributed by atoms with Crippen molar-refractivity contribution in [3.8, 4) is 0 Å². The van der Waals surface area contributed by atoms with E-state index in [9.17, 15) is 5.11 Å². The van der Waals surface area contributed by atoms with Gasteiger partial charge in [-0.1, -0.05) is 11.2 Å². The van der Waals surface area contributed by atoms with Crippen LogP contribution < -0.4 is 0 Å². The Kier molecular flexibility index (Phi) is 3.98. The van der Waals surface area contributed by atoms with Crippen molar-refractivity contribution < 1.29 is 9.63 Å². The maximum absolute atomic E-state index is 10.4. The number of aliphatic hydroxyl groups excluding tert-OH is 1. The van der Waals surface area contributed by atoms with E-state index in [1.54, 1.807) is 11.3 Å².